The van der Waals surface area contributed by atoms with Crippen molar-refractivity contribution in [1.82, 2.24) is 15.3 Å². The second-order valence-electron chi connectivity index (χ2n) is 7.06. The van der Waals surface area contributed by atoms with Crippen LogP contribution in [0.25, 0.3) is 6.08 Å². The molecule has 1 aliphatic carbocycles. The number of aromatic nitrogens is 2. The Morgan fingerprint density at radius 2 is 1.97 bits per heavy atom. The van der Waals surface area contributed by atoms with Gasteiger partial charge in [-0.3, -0.25) is 0 Å². The molecule has 2 aliphatic rings. The quantitative estimate of drug-likeness (QED) is 0.732. The molecule has 1 aliphatic heterocycles. The van der Waals surface area contributed by atoms with Gasteiger partial charge in [-0.05, 0) is 51.0 Å². The fourth-order valence-corrected chi connectivity index (χ4v) is 3.25. The second kappa shape index (κ2) is 15.5. The van der Waals surface area contributed by atoms with Crippen LogP contribution in [0, 0.1) is 11.8 Å². The minimum Gasteiger partial charge on any atom is -0.355 e. The first-order valence-electron chi connectivity index (χ1n) is 11.0. The Morgan fingerprint density at radius 1 is 1.19 bits per heavy atom. The van der Waals surface area contributed by atoms with Gasteiger partial charge in [0.15, 0.2) is 0 Å². The maximum Gasteiger partial charge on any atom is 0.233 e. The van der Waals surface area contributed by atoms with E-state index in [2.05, 4.69) is 46.4 Å². The normalized spacial score (nSPS) is 16.5. The molecule has 0 atom stereocenters. The number of anilines is 1. The Labute approximate surface area is 192 Å². The molecule has 31 heavy (non-hydrogen) atoms. The first kappa shape index (κ1) is 26.8. The van der Waals surface area contributed by atoms with E-state index >= 15 is 0 Å². The van der Waals surface area contributed by atoms with Gasteiger partial charge in [-0.25, -0.2) is 9.97 Å². The number of nitroso groups, excluding NO2 is 1. The van der Waals surface area contributed by atoms with E-state index in [9.17, 15) is 4.91 Å². The minimum absolute atomic E-state index is 0.706. The fourth-order valence-electron chi connectivity index (χ4n) is 3.01. The first-order valence-corrected chi connectivity index (χ1v) is 12.2. The maximum atomic E-state index is 10.2. The van der Waals surface area contributed by atoms with Crippen LogP contribution in [-0.2, 0) is 0 Å². The number of nitrogens with one attached hydrogen (secondary N) is 2. The molecule has 1 aromatic heterocycles. The molecule has 2 heterocycles. The van der Waals surface area contributed by atoms with Gasteiger partial charge in [0, 0.05) is 41.4 Å². The predicted octanol–water partition coefficient (Wildman–Crippen LogP) is 3.96. The van der Waals surface area contributed by atoms with E-state index in [1.807, 2.05) is 50.3 Å². The van der Waals surface area contributed by atoms with E-state index in [4.69, 9.17) is 0 Å². The maximum absolute atomic E-state index is 10.2. The standard InChI is InChI=1S/C14H22N4S.C8H9NO.C2H6/c1-11(19-3)9-13-12(2)16-10-17-14(13)18-7-4-5-15-6-8-18;1-7-3-2-4-8(9-10)6-5-7;1-2/h9-10,15H,4-8H2,1-3H3;2-3,5-6H,4H2,1H3;1-2H3/p+1/b11-9-;;. The van der Waals surface area contributed by atoms with Crippen LogP contribution in [0.2, 0.25) is 0 Å². The molecule has 170 valence electrons. The molecule has 2 N–H and O–H groups in total. The molecule has 1 saturated heterocycles. The van der Waals surface area contributed by atoms with Crippen molar-refractivity contribution in [3.63, 3.8) is 0 Å². The highest BCUT2D eigenvalue weighted by Crippen LogP contribution is 2.25. The van der Waals surface area contributed by atoms with Crippen LogP contribution in [0.1, 0.15) is 51.8 Å². The van der Waals surface area contributed by atoms with Gasteiger partial charge in [-0.1, -0.05) is 37.6 Å². The van der Waals surface area contributed by atoms with Crippen molar-refractivity contribution in [1.29, 1.82) is 0 Å². The Hall–Kier alpha value is -2.25. The minimum atomic E-state index is 0.706. The van der Waals surface area contributed by atoms with Crippen molar-refractivity contribution in [2.24, 2.45) is 0 Å². The second-order valence-corrected chi connectivity index (χ2v) is 8.11. The molecule has 0 radical (unpaired) electrons. The van der Waals surface area contributed by atoms with Gasteiger partial charge < -0.3 is 10.2 Å². The molecule has 1 fully saturated rings. The van der Waals surface area contributed by atoms with Crippen LogP contribution < -0.4 is 15.4 Å². The van der Waals surface area contributed by atoms with Crippen LogP contribution in [0.3, 0.4) is 0 Å². The molecular weight excluding hydrogens is 406 g/mol. The van der Waals surface area contributed by atoms with Gasteiger partial charge in [-0.2, -0.15) is 0 Å². The van der Waals surface area contributed by atoms with Crippen LogP contribution in [0.5, 0.6) is 0 Å². The molecule has 0 spiro atoms. The Bertz CT molecular complexity index is 806. The number of hydrogen-bond acceptors (Lipinski definition) is 6. The summed E-state index contributed by atoms with van der Waals surface area (Å²) in [5.74, 6) is 1.07. The number of hydrogen-bond donors (Lipinski definition) is 2. The Balaban J connectivity index is 0.000000337. The molecule has 0 aromatic carbocycles. The Morgan fingerprint density at radius 3 is 2.68 bits per heavy atom. The summed E-state index contributed by atoms with van der Waals surface area (Å²) in [6.07, 6.45) is 15.5. The molecular formula is C24H38N5OS+. The van der Waals surface area contributed by atoms with Crippen LogP contribution in [-0.4, -0.2) is 42.4 Å². The zero-order valence-electron chi connectivity index (χ0n) is 19.9. The summed E-state index contributed by atoms with van der Waals surface area (Å²) in [5.41, 5.74) is 4.10. The van der Waals surface area contributed by atoms with Crippen LogP contribution >= 0.6 is 11.8 Å². The number of allylic oxidation sites excluding steroid dienone is 6. The average molecular weight is 445 g/mol. The molecule has 6 nitrogen and oxygen atoms in total. The summed E-state index contributed by atoms with van der Waals surface area (Å²) in [6.45, 7) is 14.4. The molecule has 7 heteroatoms. The zero-order chi connectivity index (χ0) is 23.1. The third-order valence-electron chi connectivity index (χ3n) is 4.77. The molecule has 3 rings (SSSR count). The lowest BCUT2D eigenvalue weighted by Gasteiger charge is -2.23. The first-order chi connectivity index (χ1) is 15.0. The van der Waals surface area contributed by atoms with E-state index < -0.39 is 0 Å². The molecule has 1 aromatic rings. The van der Waals surface area contributed by atoms with Crippen molar-refractivity contribution in [3.05, 3.63) is 63.0 Å². The molecule has 0 bridgehead atoms. The van der Waals surface area contributed by atoms with Gasteiger partial charge >= 0.3 is 0 Å². The Kier molecular flexibility index (Phi) is 13.4. The molecule has 0 amide bonds. The van der Waals surface area contributed by atoms with E-state index in [0.717, 1.165) is 49.7 Å². The van der Waals surface area contributed by atoms with Crippen molar-refractivity contribution in [3.8, 4) is 0 Å². The lowest BCUT2D eigenvalue weighted by atomic mass is 10.2. The third-order valence-corrected chi connectivity index (χ3v) is 5.53. The van der Waals surface area contributed by atoms with Crippen LogP contribution in [0.15, 0.2) is 46.8 Å². The summed E-state index contributed by atoms with van der Waals surface area (Å²) in [7, 11) is 0. The van der Waals surface area contributed by atoms with Crippen molar-refractivity contribution in [2.45, 2.75) is 47.5 Å². The van der Waals surface area contributed by atoms with E-state index in [0.29, 0.717) is 12.1 Å². The van der Waals surface area contributed by atoms with E-state index in [1.54, 1.807) is 18.1 Å². The van der Waals surface area contributed by atoms with Crippen molar-refractivity contribution in [2.75, 3.05) is 37.3 Å². The summed E-state index contributed by atoms with van der Waals surface area (Å²) in [6, 6.07) is 0. The SMILES string of the molecule is CC.CC1=CC=C([NH+]=O)CC=C1.CS/C(C)=C\c1c(C)ncnc1N1CCCNCC1. The van der Waals surface area contributed by atoms with E-state index in [1.165, 1.54) is 10.5 Å². The smallest absolute Gasteiger partial charge is 0.233 e. The topological polar surface area (TPSA) is 72.1 Å². The third kappa shape index (κ3) is 9.61. The molecule has 0 unspecified atom stereocenters. The monoisotopic (exact) mass is 444 g/mol. The van der Waals surface area contributed by atoms with Gasteiger partial charge in [0.05, 0.1) is 12.1 Å². The largest absolute Gasteiger partial charge is 0.355 e. The predicted molar refractivity (Wildman–Crippen MR) is 135 cm³/mol. The highest BCUT2D eigenvalue weighted by molar-refractivity contribution is 8.02. The highest BCUT2D eigenvalue weighted by atomic mass is 32.2. The van der Waals surface area contributed by atoms with Gasteiger partial charge in [0.25, 0.3) is 0 Å². The summed E-state index contributed by atoms with van der Waals surface area (Å²) in [4.78, 5) is 22.7. The zero-order valence-corrected chi connectivity index (χ0v) is 20.7. The number of thioether (sulfide) groups is 1. The van der Waals surface area contributed by atoms with Gasteiger partial charge in [0.2, 0.25) is 5.70 Å². The number of nitrogens with zero attached hydrogens (tertiary/aromatic N) is 3. The van der Waals surface area contributed by atoms with Gasteiger partial charge in [-0.15, -0.1) is 11.8 Å². The average Bonchev–Trinajstić information content (AvgIpc) is 3.19. The van der Waals surface area contributed by atoms with Crippen molar-refractivity contribution >= 4 is 23.7 Å². The lowest BCUT2D eigenvalue weighted by molar-refractivity contribution is -0.424. The summed E-state index contributed by atoms with van der Waals surface area (Å²) < 4.78 is 0. The van der Waals surface area contributed by atoms with E-state index in [-0.39, 0.29) is 0 Å². The molecule has 0 saturated carbocycles. The van der Waals surface area contributed by atoms with Crippen LogP contribution in [0.4, 0.5) is 5.82 Å². The highest BCUT2D eigenvalue weighted by Gasteiger charge is 2.15. The fraction of sp³-hybridized carbons (Fsp3) is 0.500. The lowest BCUT2D eigenvalue weighted by Crippen LogP contribution is -2.61. The summed E-state index contributed by atoms with van der Waals surface area (Å²) in [5, 5.41) is 5.31. The summed E-state index contributed by atoms with van der Waals surface area (Å²) >= 11 is 1.76. The number of rotatable bonds is 4. The number of aryl methyl sites for hydroxylation is 1. The van der Waals surface area contributed by atoms with Crippen molar-refractivity contribution < 1.29 is 5.18 Å². The van der Waals surface area contributed by atoms with Gasteiger partial charge in [0.1, 0.15) is 12.1 Å².